The summed E-state index contributed by atoms with van der Waals surface area (Å²) in [6.07, 6.45) is 2.19. The van der Waals surface area contributed by atoms with E-state index in [1.165, 1.54) is 19.5 Å². The third kappa shape index (κ3) is 6.55. The normalized spacial score (nSPS) is 29.7. The molecule has 0 spiro atoms. The van der Waals surface area contributed by atoms with Crippen LogP contribution in [0.2, 0.25) is 0 Å². The first-order valence-electron chi connectivity index (χ1n) is 8.35. The molecule has 2 rings (SSSR count). The summed E-state index contributed by atoms with van der Waals surface area (Å²) in [4.78, 5) is 4.74. The average molecular weight is 287 g/mol. The van der Waals surface area contributed by atoms with Crippen molar-refractivity contribution in [2.75, 3.05) is 26.7 Å². The molecule has 20 heavy (non-hydrogen) atoms. The number of likely N-dealkylation sites (tertiary alicyclic amines) is 2. The second-order valence-electron chi connectivity index (χ2n) is 7.07. The maximum atomic E-state index is 9.44. The van der Waals surface area contributed by atoms with Crippen LogP contribution in [0.25, 0.3) is 0 Å². The van der Waals surface area contributed by atoms with Crippen molar-refractivity contribution in [1.29, 1.82) is 0 Å². The molecule has 0 aliphatic carbocycles. The van der Waals surface area contributed by atoms with Crippen molar-refractivity contribution >= 4 is 0 Å². The Labute approximate surface area is 127 Å². The first-order chi connectivity index (χ1) is 9.22. The Bertz CT molecular complexity index is 245. The van der Waals surface area contributed by atoms with Gasteiger partial charge in [-0.25, -0.2) is 0 Å². The van der Waals surface area contributed by atoms with Gasteiger partial charge in [-0.2, -0.15) is 0 Å². The van der Waals surface area contributed by atoms with E-state index in [1.807, 2.05) is 13.8 Å². The van der Waals surface area contributed by atoms with Crippen molar-refractivity contribution in [3.63, 3.8) is 0 Å². The fourth-order valence-corrected chi connectivity index (χ4v) is 3.30. The lowest BCUT2D eigenvalue weighted by Gasteiger charge is -2.34. The minimum absolute atomic E-state index is 0.118. The van der Waals surface area contributed by atoms with Gasteiger partial charge in [-0.1, -0.05) is 20.8 Å². The molecule has 2 unspecified atom stereocenters. The summed E-state index contributed by atoms with van der Waals surface area (Å²) < 4.78 is 0. The molecule has 0 bridgehead atoms. The quantitative estimate of drug-likeness (QED) is 0.802. The molecular formula is C17H38N2O. The Morgan fingerprint density at radius 1 is 1.15 bits per heavy atom. The fourth-order valence-electron chi connectivity index (χ4n) is 3.30. The van der Waals surface area contributed by atoms with Crippen LogP contribution in [0.4, 0.5) is 0 Å². The highest BCUT2D eigenvalue weighted by Gasteiger charge is 2.38. The van der Waals surface area contributed by atoms with E-state index in [0.717, 1.165) is 18.9 Å². The van der Waals surface area contributed by atoms with Crippen molar-refractivity contribution in [3.05, 3.63) is 0 Å². The first-order valence-corrected chi connectivity index (χ1v) is 8.35. The van der Waals surface area contributed by atoms with Crippen LogP contribution < -0.4 is 0 Å². The van der Waals surface area contributed by atoms with Crippen LogP contribution in [0.5, 0.6) is 0 Å². The van der Waals surface area contributed by atoms with E-state index in [9.17, 15) is 5.11 Å². The van der Waals surface area contributed by atoms with Gasteiger partial charge in [0.1, 0.15) is 0 Å². The van der Waals surface area contributed by atoms with E-state index < -0.39 is 0 Å². The Hall–Kier alpha value is -0.120. The Balaban J connectivity index is 0.000000345. The zero-order valence-electron chi connectivity index (χ0n) is 15.1. The highest BCUT2D eigenvalue weighted by molar-refractivity contribution is 4.94. The predicted octanol–water partition coefficient (Wildman–Crippen LogP) is 3.22. The van der Waals surface area contributed by atoms with Crippen LogP contribution in [0, 0.1) is 5.92 Å². The Kier molecular flexibility index (Phi) is 8.96. The zero-order chi connectivity index (χ0) is 15.9. The van der Waals surface area contributed by atoms with Crippen molar-refractivity contribution in [3.8, 4) is 0 Å². The summed E-state index contributed by atoms with van der Waals surface area (Å²) in [5, 5.41) is 9.44. The molecule has 2 aliphatic rings. The van der Waals surface area contributed by atoms with Crippen LogP contribution in [0.1, 0.15) is 61.3 Å². The zero-order valence-corrected chi connectivity index (χ0v) is 15.1. The van der Waals surface area contributed by atoms with Gasteiger partial charge in [0.15, 0.2) is 0 Å². The van der Waals surface area contributed by atoms with E-state index in [4.69, 9.17) is 0 Å². The standard InChI is InChI=1S/C9H19NO.C6H13N.C2H6/c1-7(2)10-6-8(11)5-9(10,3)4;1-6-3-4-7(2)5-6;1-2/h7-8,11H,5-6H2,1-4H3;6H,3-5H2,1-2H3;1-2H3. The molecule has 0 radical (unpaired) electrons. The highest BCUT2D eigenvalue weighted by Crippen LogP contribution is 2.30. The molecule has 3 heteroatoms. The lowest BCUT2D eigenvalue weighted by Crippen LogP contribution is -2.42. The molecule has 0 aromatic heterocycles. The smallest absolute Gasteiger partial charge is 0.0684 e. The van der Waals surface area contributed by atoms with Crippen LogP contribution >= 0.6 is 0 Å². The summed E-state index contributed by atoms with van der Waals surface area (Å²) in [5.74, 6) is 0.949. The SMILES string of the molecule is CC.CC(C)N1CC(O)CC1(C)C.CC1CCN(C)C1. The summed E-state index contributed by atoms with van der Waals surface area (Å²) in [6.45, 7) is 18.5. The largest absolute Gasteiger partial charge is 0.392 e. The van der Waals surface area contributed by atoms with Crippen LogP contribution in [-0.4, -0.2) is 59.3 Å². The maximum absolute atomic E-state index is 9.44. The number of aliphatic hydroxyl groups is 1. The number of hydrogen-bond acceptors (Lipinski definition) is 3. The van der Waals surface area contributed by atoms with Gasteiger partial charge in [-0.3, -0.25) is 4.90 Å². The van der Waals surface area contributed by atoms with Crippen molar-refractivity contribution in [2.24, 2.45) is 5.92 Å². The molecule has 2 aliphatic heterocycles. The molecule has 122 valence electrons. The van der Waals surface area contributed by atoms with Crippen molar-refractivity contribution < 1.29 is 5.11 Å². The van der Waals surface area contributed by atoms with Gasteiger partial charge in [-0.15, -0.1) is 0 Å². The molecule has 2 saturated heterocycles. The van der Waals surface area contributed by atoms with Gasteiger partial charge < -0.3 is 10.0 Å². The van der Waals surface area contributed by atoms with Crippen LogP contribution in [0.3, 0.4) is 0 Å². The molecule has 2 heterocycles. The number of hydrogen-bond donors (Lipinski definition) is 1. The maximum Gasteiger partial charge on any atom is 0.0684 e. The molecule has 3 nitrogen and oxygen atoms in total. The van der Waals surface area contributed by atoms with Crippen LogP contribution in [0.15, 0.2) is 0 Å². The van der Waals surface area contributed by atoms with Crippen molar-refractivity contribution in [1.82, 2.24) is 9.80 Å². The number of rotatable bonds is 1. The number of aliphatic hydroxyl groups excluding tert-OH is 1. The van der Waals surface area contributed by atoms with Crippen LogP contribution in [-0.2, 0) is 0 Å². The molecule has 1 N–H and O–H groups in total. The summed E-state index contributed by atoms with van der Waals surface area (Å²) in [7, 11) is 2.18. The lowest BCUT2D eigenvalue weighted by molar-refractivity contribution is 0.128. The predicted molar refractivity (Wildman–Crippen MR) is 89.2 cm³/mol. The van der Waals surface area contributed by atoms with E-state index in [2.05, 4.69) is 51.5 Å². The van der Waals surface area contributed by atoms with Crippen molar-refractivity contribution in [2.45, 2.75) is 79.0 Å². The lowest BCUT2D eigenvalue weighted by atomic mass is 10.0. The molecule has 0 amide bonds. The van der Waals surface area contributed by atoms with Gasteiger partial charge in [0, 0.05) is 24.7 Å². The topological polar surface area (TPSA) is 26.7 Å². The molecule has 2 atom stereocenters. The van der Waals surface area contributed by atoms with Gasteiger partial charge in [0.25, 0.3) is 0 Å². The van der Waals surface area contributed by atoms with E-state index in [0.29, 0.717) is 6.04 Å². The minimum atomic E-state index is -0.118. The fraction of sp³-hybridized carbons (Fsp3) is 1.00. The average Bonchev–Trinajstić information content (AvgIpc) is 2.84. The van der Waals surface area contributed by atoms with Gasteiger partial charge in [0.2, 0.25) is 0 Å². The van der Waals surface area contributed by atoms with E-state index in [-0.39, 0.29) is 11.6 Å². The molecule has 2 fully saturated rings. The first kappa shape index (κ1) is 19.9. The van der Waals surface area contributed by atoms with Gasteiger partial charge in [-0.05, 0) is 60.0 Å². The number of nitrogens with zero attached hydrogens (tertiary/aromatic N) is 2. The Morgan fingerprint density at radius 3 is 1.85 bits per heavy atom. The molecular weight excluding hydrogens is 248 g/mol. The highest BCUT2D eigenvalue weighted by atomic mass is 16.3. The molecule has 0 aromatic carbocycles. The van der Waals surface area contributed by atoms with Gasteiger partial charge >= 0.3 is 0 Å². The number of β-amino-alcohol motifs (C(OH)–C–C–N with tert-alkyl or cyclic N) is 1. The third-order valence-electron chi connectivity index (χ3n) is 4.17. The summed E-state index contributed by atoms with van der Waals surface area (Å²) in [6, 6.07) is 0.544. The molecule has 0 aromatic rings. The van der Waals surface area contributed by atoms with E-state index in [1.54, 1.807) is 0 Å². The summed E-state index contributed by atoms with van der Waals surface area (Å²) in [5.41, 5.74) is 0.188. The minimum Gasteiger partial charge on any atom is -0.392 e. The van der Waals surface area contributed by atoms with Gasteiger partial charge in [0.05, 0.1) is 6.10 Å². The molecule has 0 saturated carbocycles. The second-order valence-corrected chi connectivity index (χ2v) is 7.07. The summed E-state index contributed by atoms with van der Waals surface area (Å²) >= 11 is 0. The third-order valence-corrected chi connectivity index (χ3v) is 4.17. The van der Waals surface area contributed by atoms with E-state index >= 15 is 0 Å². The monoisotopic (exact) mass is 286 g/mol. The Morgan fingerprint density at radius 2 is 1.70 bits per heavy atom. The second kappa shape index (κ2) is 9.01.